The zero-order valence-electron chi connectivity index (χ0n) is 9.62. The number of halogens is 1. The van der Waals surface area contributed by atoms with Gasteiger partial charge < -0.3 is 19.5 Å². The minimum absolute atomic E-state index is 0.277. The van der Waals surface area contributed by atoms with Crippen LogP contribution in [-0.4, -0.2) is 34.2 Å². The van der Waals surface area contributed by atoms with Crippen LogP contribution in [0.5, 0.6) is 5.75 Å². The monoisotopic (exact) mass is 245 g/mol. The molecule has 0 saturated carbocycles. The van der Waals surface area contributed by atoms with Gasteiger partial charge in [0.05, 0.1) is 18.7 Å². The molecule has 0 bridgehead atoms. The first kappa shape index (κ1) is 13.1. The molecule has 0 aliphatic carbocycles. The molecule has 0 aliphatic rings. The van der Waals surface area contributed by atoms with Crippen molar-refractivity contribution in [3.63, 3.8) is 0 Å². The Labute approximate surface area is 100 Å². The Hall–Kier alpha value is -0.970. The lowest BCUT2D eigenvalue weighted by molar-refractivity contribution is -0.0914. The molecule has 4 nitrogen and oxygen atoms in total. The van der Waals surface area contributed by atoms with Crippen LogP contribution in [0.25, 0.3) is 0 Å². The topological polar surface area (TPSA) is 39.7 Å². The van der Waals surface area contributed by atoms with Gasteiger partial charge in [-0.3, -0.25) is 0 Å². The fourth-order valence-electron chi connectivity index (χ4n) is 1.24. The van der Waals surface area contributed by atoms with Crippen LogP contribution in [0, 0.1) is 0 Å². The predicted molar refractivity (Wildman–Crippen MR) is 64.3 cm³/mol. The van der Waals surface area contributed by atoms with Gasteiger partial charge in [0.1, 0.15) is 5.75 Å². The molecule has 0 radical (unpaired) electrons. The Morgan fingerprint density at radius 2 is 1.94 bits per heavy atom. The Bertz CT molecular complexity index is 329. The summed E-state index contributed by atoms with van der Waals surface area (Å²) in [6.45, 7) is 0.551. The van der Waals surface area contributed by atoms with E-state index in [4.69, 9.17) is 25.8 Å². The van der Waals surface area contributed by atoms with Crippen LogP contribution in [0.2, 0.25) is 5.02 Å². The molecule has 0 atom stereocenters. The molecule has 90 valence electrons. The molecule has 0 aliphatic heterocycles. The number of hydrogen-bond acceptors (Lipinski definition) is 4. The summed E-state index contributed by atoms with van der Waals surface area (Å²) >= 11 is 5.99. The molecular formula is C11H16ClNO3. The molecule has 0 saturated heterocycles. The SMILES string of the molecule is COc1ccc(NCC(OC)OC)cc1Cl. The van der Waals surface area contributed by atoms with E-state index in [1.807, 2.05) is 6.07 Å². The van der Waals surface area contributed by atoms with Crippen molar-refractivity contribution in [3.05, 3.63) is 23.2 Å². The van der Waals surface area contributed by atoms with Crippen LogP contribution in [0.1, 0.15) is 0 Å². The highest BCUT2D eigenvalue weighted by Gasteiger charge is 2.05. The van der Waals surface area contributed by atoms with Gasteiger partial charge in [0.15, 0.2) is 6.29 Å². The molecular weight excluding hydrogens is 230 g/mol. The lowest BCUT2D eigenvalue weighted by Gasteiger charge is -2.15. The smallest absolute Gasteiger partial charge is 0.173 e. The van der Waals surface area contributed by atoms with Crippen LogP contribution in [0.3, 0.4) is 0 Å². The summed E-state index contributed by atoms with van der Waals surface area (Å²) in [6.07, 6.45) is -0.277. The van der Waals surface area contributed by atoms with Crippen molar-refractivity contribution in [1.29, 1.82) is 0 Å². The quantitative estimate of drug-likeness (QED) is 0.782. The van der Waals surface area contributed by atoms with Crippen LogP contribution in [0.15, 0.2) is 18.2 Å². The molecule has 1 aromatic rings. The Morgan fingerprint density at radius 3 is 2.44 bits per heavy atom. The standard InChI is InChI=1S/C11H16ClNO3/c1-14-10-5-4-8(6-9(10)12)13-7-11(15-2)16-3/h4-6,11,13H,7H2,1-3H3. The Kier molecular flexibility index (Phi) is 5.38. The van der Waals surface area contributed by atoms with Gasteiger partial charge >= 0.3 is 0 Å². The van der Waals surface area contributed by atoms with E-state index in [0.717, 1.165) is 5.69 Å². The molecule has 0 aromatic heterocycles. The molecule has 1 aromatic carbocycles. The van der Waals surface area contributed by atoms with Gasteiger partial charge in [-0.1, -0.05) is 11.6 Å². The molecule has 0 unspecified atom stereocenters. The van der Waals surface area contributed by atoms with E-state index < -0.39 is 0 Å². The number of hydrogen-bond donors (Lipinski definition) is 1. The van der Waals surface area contributed by atoms with Crippen molar-refractivity contribution in [1.82, 2.24) is 0 Å². The lowest BCUT2D eigenvalue weighted by atomic mass is 10.3. The number of benzene rings is 1. The molecule has 16 heavy (non-hydrogen) atoms. The van der Waals surface area contributed by atoms with Gasteiger partial charge in [-0.2, -0.15) is 0 Å². The maximum Gasteiger partial charge on any atom is 0.173 e. The number of methoxy groups -OCH3 is 3. The first-order valence-corrected chi connectivity index (χ1v) is 5.22. The third kappa shape index (κ3) is 3.56. The summed E-state index contributed by atoms with van der Waals surface area (Å²) in [5.41, 5.74) is 0.893. The molecule has 1 rings (SSSR count). The number of anilines is 1. The second-order valence-electron chi connectivity index (χ2n) is 3.13. The van der Waals surface area contributed by atoms with Crippen LogP contribution in [-0.2, 0) is 9.47 Å². The van der Waals surface area contributed by atoms with Crippen molar-refractivity contribution >= 4 is 17.3 Å². The van der Waals surface area contributed by atoms with Gasteiger partial charge in [0.25, 0.3) is 0 Å². The highest BCUT2D eigenvalue weighted by Crippen LogP contribution is 2.27. The summed E-state index contributed by atoms with van der Waals surface area (Å²) in [4.78, 5) is 0. The van der Waals surface area contributed by atoms with Gasteiger partial charge in [-0.25, -0.2) is 0 Å². The summed E-state index contributed by atoms with van der Waals surface area (Å²) in [5.74, 6) is 0.655. The zero-order chi connectivity index (χ0) is 12.0. The molecule has 0 spiro atoms. The van der Waals surface area contributed by atoms with Crippen LogP contribution < -0.4 is 10.1 Å². The third-order valence-corrected chi connectivity index (χ3v) is 2.45. The predicted octanol–water partition coefficient (Wildman–Crippen LogP) is 2.38. The van der Waals surface area contributed by atoms with E-state index in [9.17, 15) is 0 Å². The summed E-state index contributed by atoms with van der Waals surface area (Å²) in [6, 6.07) is 5.48. The van der Waals surface area contributed by atoms with Crippen molar-refractivity contribution in [2.45, 2.75) is 6.29 Å². The maximum absolute atomic E-state index is 5.99. The highest BCUT2D eigenvalue weighted by molar-refractivity contribution is 6.32. The second-order valence-corrected chi connectivity index (χ2v) is 3.54. The van der Waals surface area contributed by atoms with Crippen LogP contribution >= 0.6 is 11.6 Å². The van der Waals surface area contributed by atoms with Crippen molar-refractivity contribution < 1.29 is 14.2 Å². The minimum atomic E-state index is -0.277. The lowest BCUT2D eigenvalue weighted by Crippen LogP contribution is -2.23. The average Bonchev–Trinajstić information content (AvgIpc) is 2.30. The summed E-state index contributed by atoms with van der Waals surface area (Å²) in [5, 5.41) is 3.72. The first-order valence-electron chi connectivity index (χ1n) is 4.84. The normalized spacial score (nSPS) is 10.6. The number of rotatable bonds is 6. The molecule has 0 heterocycles. The Morgan fingerprint density at radius 1 is 1.25 bits per heavy atom. The molecule has 0 fully saturated rings. The Balaban J connectivity index is 2.58. The van der Waals surface area contributed by atoms with E-state index in [1.165, 1.54) is 0 Å². The third-order valence-electron chi connectivity index (χ3n) is 2.15. The molecule has 1 N–H and O–H groups in total. The van der Waals surface area contributed by atoms with Gasteiger partial charge in [-0.15, -0.1) is 0 Å². The fraction of sp³-hybridized carbons (Fsp3) is 0.455. The van der Waals surface area contributed by atoms with Crippen molar-refractivity contribution in [3.8, 4) is 5.75 Å². The number of nitrogens with one attached hydrogen (secondary N) is 1. The largest absolute Gasteiger partial charge is 0.495 e. The first-order chi connectivity index (χ1) is 7.71. The van der Waals surface area contributed by atoms with Gasteiger partial charge in [-0.05, 0) is 18.2 Å². The van der Waals surface area contributed by atoms with Gasteiger partial charge in [0.2, 0.25) is 0 Å². The van der Waals surface area contributed by atoms with Crippen molar-refractivity contribution in [2.24, 2.45) is 0 Å². The van der Waals surface area contributed by atoms with E-state index in [0.29, 0.717) is 17.3 Å². The maximum atomic E-state index is 5.99. The van der Waals surface area contributed by atoms with Gasteiger partial charge in [0, 0.05) is 19.9 Å². The minimum Gasteiger partial charge on any atom is -0.495 e. The fourth-order valence-corrected chi connectivity index (χ4v) is 1.50. The highest BCUT2D eigenvalue weighted by atomic mass is 35.5. The van der Waals surface area contributed by atoms with Crippen LogP contribution in [0.4, 0.5) is 5.69 Å². The summed E-state index contributed by atoms with van der Waals surface area (Å²) < 4.78 is 15.2. The average molecular weight is 246 g/mol. The molecule has 0 amide bonds. The van der Waals surface area contributed by atoms with Crippen molar-refractivity contribution in [2.75, 3.05) is 33.2 Å². The number of ether oxygens (including phenoxy) is 3. The van der Waals surface area contributed by atoms with E-state index >= 15 is 0 Å². The zero-order valence-corrected chi connectivity index (χ0v) is 10.4. The van der Waals surface area contributed by atoms with E-state index in [-0.39, 0.29) is 6.29 Å². The van der Waals surface area contributed by atoms with E-state index in [1.54, 1.807) is 33.5 Å². The summed E-state index contributed by atoms with van der Waals surface area (Å²) in [7, 11) is 4.77. The molecule has 5 heteroatoms. The van der Waals surface area contributed by atoms with E-state index in [2.05, 4.69) is 5.32 Å². The second kappa shape index (κ2) is 6.58.